The summed E-state index contributed by atoms with van der Waals surface area (Å²) < 4.78 is 6.07. The molecule has 0 saturated carbocycles. The Labute approximate surface area is 114 Å². The van der Waals surface area contributed by atoms with Crippen molar-refractivity contribution in [1.82, 2.24) is 15.1 Å². The molecule has 0 radical (unpaired) electrons. The minimum Gasteiger partial charge on any atom is -0.505 e. The highest BCUT2D eigenvalue weighted by Gasteiger charge is 2.15. The van der Waals surface area contributed by atoms with Crippen LogP contribution in [0.3, 0.4) is 0 Å². The molecule has 0 aliphatic carbocycles. The Bertz CT molecular complexity index is 695. The van der Waals surface area contributed by atoms with Gasteiger partial charge in [0.15, 0.2) is 5.69 Å². The molecule has 0 unspecified atom stereocenters. The molecule has 0 bridgehead atoms. The van der Waals surface area contributed by atoms with Crippen molar-refractivity contribution in [2.75, 3.05) is 0 Å². The van der Waals surface area contributed by atoms with Gasteiger partial charge in [0.05, 0.1) is 4.88 Å². The van der Waals surface area contributed by atoms with Crippen LogP contribution in [0, 0.1) is 0 Å². The number of pyridine rings is 1. The smallest absolute Gasteiger partial charge is 0.280 e. The van der Waals surface area contributed by atoms with E-state index in [0.29, 0.717) is 5.82 Å². The third-order valence-electron chi connectivity index (χ3n) is 2.20. The fraction of sp³-hybridized carbons (Fsp3) is 0. The predicted octanol–water partition coefficient (Wildman–Crippen LogP) is 3.33. The highest BCUT2D eigenvalue weighted by Crippen LogP contribution is 2.30. The Hall–Kier alpha value is -1.73. The summed E-state index contributed by atoms with van der Waals surface area (Å²) in [4.78, 5) is 9.10. The van der Waals surface area contributed by atoms with Crippen LogP contribution >= 0.6 is 27.3 Å². The monoisotopic (exact) mass is 323 g/mol. The average molecular weight is 324 g/mol. The van der Waals surface area contributed by atoms with Gasteiger partial charge in [-0.25, -0.2) is 4.98 Å². The zero-order valence-electron chi connectivity index (χ0n) is 8.87. The molecule has 3 aromatic heterocycles. The zero-order chi connectivity index (χ0) is 12.5. The van der Waals surface area contributed by atoms with Crippen molar-refractivity contribution in [3.05, 3.63) is 34.2 Å². The quantitative estimate of drug-likeness (QED) is 0.783. The van der Waals surface area contributed by atoms with Gasteiger partial charge in [-0.2, -0.15) is 4.98 Å². The van der Waals surface area contributed by atoms with Gasteiger partial charge in [-0.15, -0.1) is 11.3 Å². The lowest BCUT2D eigenvalue weighted by Crippen LogP contribution is -1.83. The molecular weight excluding hydrogens is 318 g/mol. The Morgan fingerprint density at radius 3 is 3.00 bits per heavy atom. The van der Waals surface area contributed by atoms with E-state index in [1.165, 1.54) is 17.4 Å². The first kappa shape index (κ1) is 11.4. The van der Waals surface area contributed by atoms with E-state index in [1.54, 1.807) is 12.3 Å². The fourth-order valence-corrected chi connectivity index (χ4v) is 2.76. The molecule has 18 heavy (non-hydrogen) atoms. The van der Waals surface area contributed by atoms with E-state index in [0.717, 1.165) is 9.35 Å². The molecule has 0 fully saturated rings. The highest BCUT2D eigenvalue weighted by molar-refractivity contribution is 9.10. The number of nitrogens with zero attached hydrogens (tertiary/aromatic N) is 3. The maximum absolute atomic E-state index is 9.65. The van der Waals surface area contributed by atoms with Crippen LogP contribution in [0.4, 0.5) is 0 Å². The first-order valence-corrected chi connectivity index (χ1v) is 6.64. The van der Waals surface area contributed by atoms with Crippen LogP contribution in [0.1, 0.15) is 0 Å². The van der Waals surface area contributed by atoms with Gasteiger partial charge in [0.2, 0.25) is 5.82 Å². The molecule has 5 nitrogen and oxygen atoms in total. The highest BCUT2D eigenvalue weighted by atomic mass is 79.9. The molecule has 0 aromatic carbocycles. The molecular formula is C11H6BrN3O2S. The van der Waals surface area contributed by atoms with Crippen LogP contribution in [0.15, 0.2) is 38.8 Å². The summed E-state index contributed by atoms with van der Waals surface area (Å²) in [5.74, 6) is 0.693. The lowest BCUT2D eigenvalue weighted by molar-refractivity contribution is 0.423. The molecule has 0 aliphatic heterocycles. The van der Waals surface area contributed by atoms with Crippen molar-refractivity contribution in [1.29, 1.82) is 0 Å². The van der Waals surface area contributed by atoms with Crippen molar-refractivity contribution in [3.8, 4) is 28.0 Å². The SMILES string of the molecule is Oc1cccnc1-c1nc(-c2cc(Br)cs2)no1. The second-order valence-electron chi connectivity index (χ2n) is 3.42. The summed E-state index contributed by atoms with van der Waals surface area (Å²) in [6.07, 6.45) is 1.56. The average Bonchev–Trinajstić information content (AvgIpc) is 2.98. The normalized spacial score (nSPS) is 10.7. The number of aromatic nitrogens is 3. The van der Waals surface area contributed by atoms with Gasteiger partial charge in [0, 0.05) is 16.0 Å². The van der Waals surface area contributed by atoms with Crippen LogP contribution in [0.5, 0.6) is 5.75 Å². The van der Waals surface area contributed by atoms with Gasteiger partial charge in [0.25, 0.3) is 5.89 Å². The maximum atomic E-state index is 9.65. The van der Waals surface area contributed by atoms with E-state index < -0.39 is 0 Å². The number of thiophene rings is 1. The number of hydrogen-bond acceptors (Lipinski definition) is 6. The van der Waals surface area contributed by atoms with Gasteiger partial charge >= 0.3 is 0 Å². The summed E-state index contributed by atoms with van der Waals surface area (Å²) in [6.45, 7) is 0. The summed E-state index contributed by atoms with van der Waals surface area (Å²) in [7, 11) is 0. The summed E-state index contributed by atoms with van der Waals surface area (Å²) in [6, 6.07) is 5.05. The lowest BCUT2D eigenvalue weighted by atomic mass is 10.3. The minimum absolute atomic E-state index is 0.0139. The van der Waals surface area contributed by atoms with E-state index in [-0.39, 0.29) is 17.3 Å². The van der Waals surface area contributed by atoms with E-state index in [1.807, 2.05) is 11.4 Å². The molecule has 3 aromatic rings. The Balaban J connectivity index is 2.02. The molecule has 0 spiro atoms. The van der Waals surface area contributed by atoms with Crippen molar-refractivity contribution in [3.63, 3.8) is 0 Å². The van der Waals surface area contributed by atoms with Gasteiger partial charge < -0.3 is 9.63 Å². The predicted molar refractivity (Wildman–Crippen MR) is 70.2 cm³/mol. The van der Waals surface area contributed by atoms with Crippen molar-refractivity contribution >= 4 is 27.3 Å². The number of hydrogen-bond donors (Lipinski definition) is 1. The number of rotatable bonds is 2. The first-order chi connectivity index (χ1) is 8.74. The van der Waals surface area contributed by atoms with Crippen LogP contribution < -0.4 is 0 Å². The van der Waals surface area contributed by atoms with Crippen LogP contribution in [-0.4, -0.2) is 20.2 Å². The van der Waals surface area contributed by atoms with Crippen LogP contribution in [0.25, 0.3) is 22.3 Å². The maximum Gasteiger partial charge on any atom is 0.280 e. The van der Waals surface area contributed by atoms with Gasteiger partial charge in [-0.3, -0.25) is 0 Å². The molecule has 0 amide bonds. The molecule has 0 saturated heterocycles. The third kappa shape index (κ3) is 2.02. The van der Waals surface area contributed by atoms with Crippen LogP contribution in [0.2, 0.25) is 0 Å². The summed E-state index contributed by atoms with van der Waals surface area (Å²) >= 11 is 4.87. The van der Waals surface area contributed by atoms with Gasteiger partial charge in [-0.05, 0) is 34.1 Å². The topological polar surface area (TPSA) is 72.0 Å². The van der Waals surface area contributed by atoms with Crippen molar-refractivity contribution < 1.29 is 9.63 Å². The summed E-state index contributed by atoms with van der Waals surface area (Å²) in [5.41, 5.74) is 0.284. The molecule has 7 heteroatoms. The second kappa shape index (κ2) is 4.51. The lowest BCUT2D eigenvalue weighted by Gasteiger charge is -1.95. The first-order valence-electron chi connectivity index (χ1n) is 4.96. The molecule has 0 atom stereocenters. The Morgan fingerprint density at radius 2 is 2.28 bits per heavy atom. The Morgan fingerprint density at radius 1 is 1.39 bits per heavy atom. The molecule has 90 valence electrons. The van der Waals surface area contributed by atoms with Gasteiger partial charge in [-0.1, -0.05) is 5.16 Å². The van der Waals surface area contributed by atoms with E-state index in [2.05, 4.69) is 31.1 Å². The van der Waals surface area contributed by atoms with E-state index in [4.69, 9.17) is 4.52 Å². The Kier molecular flexibility index (Phi) is 2.85. The third-order valence-corrected chi connectivity index (χ3v) is 3.89. The largest absolute Gasteiger partial charge is 0.505 e. The molecule has 3 heterocycles. The number of halogens is 1. The molecule has 3 rings (SSSR count). The zero-order valence-corrected chi connectivity index (χ0v) is 11.3. The van der Waals surface area contributed by atoms with E-state index in [9.17, 15) is 5.11 Å². The molecule has 1 N–H and O–H groups in total. The second-order valence-corrected chi connectivity index (χ2v) is 5.25. The standard InChI is InChI=1S/C11H6BrN3O2S/c12-6-4-8(18-5-6)10-14-11(17-15-10)9-7(16)2-1-3-13-9/h1-5,16H. The molecule has 0 aliphatic rings. The minimum atomic E-state index is 0.0139. The van der Waals surface area contributed by atoms with E-state index >= 15 is 0 Å². The van der Waals surface area contributed by atoms with Crippen molar-refractivity contribution in [2.45, 2.75) is 0 Å². The van der Waals surface area contributed by atoms with Crippen LogP contribution in [-0.2, 0) is 0 Å². The number of aromatic hydroxyl groups is 1. The summed E-state index contributed by atoms with van der Waals surface area (Å²) in [5, 5.41) is 15.5. The van der Waals surface area contributed by atoms with Gasteiger partial charge in [0.1, 0.15) is 5.75 Å². The fourth-order valence-electron chi connectivity index (χ4n) is 1.41. The van der Waals surface area contributed by atoms with Crippen molar-refractivity contribution in [2.24, 2.45) is 0 Å².